The van der Waals surface area contributed by atoms with Gasteiger partial charge < -0.3 is 0 Å². The molecule has 0 heterocycles. The molecule has 0 saturated carbocycles. The normalized spacial score (nSPS) is 18.0. The third-order valence-corrected chi connectivity index (χ3v) is 2.09. The summed E-state index contributed by atoms with van der Waals surface area (Å²) in [6.45, 7) is 6.58. The van der Waals surface area contributed by atoms with E-state index in [0.29, 0.717) is 0 Å². The first kappa shape index (κ1) is 8.35. The van der Waals surface area contributed by atoms with Gasteiger partial charge in [-0.05, 0) is 12.8 Å². The molecule has 0 fully saturated rings. The fourth-order valence-electron chi connectivity index (χ4n) is 0.715. The van der Waals surface area contributed by atoms with Crippen molar-refractivity contribution in [3.05, 3.63) is 0 Å². The molecule has 0 aromatic rings. The van der Waals surface area contributed by atoms with Gasteiger partial charge in [-0.25, -0.2) is 0 Å². The predicted molar refractivity (Wildman–Crippen MR) is 42.6 cm³/mol. The molecule has 0 aromatic heterocycles. The Bertz CT molecular complexity index is 57.4. The molecule has 1 atom stereocenters. The van der Waals surface area contributed by atoms with Crippen molar-refractivity contribution < 1.29 is 0 Å². The fourth-order valence-corrected chi connectivity index (χ4v) is 0.939. The number of thiol groups is 1. The molecule has 0 aliphatic carbocycles. The molecular formula is C7H16S. The van der Waals surface area contributed by atoms with Crippen molar-refractivity contribution in [2.75, 3.05) is 0 Å². The summed E-state index contributed by atoms with van der Waals surface area (Å²) in [4.78, 5) is 0. The molecule has 0 bridgehead atoms. The van der Waals surface area contributed by atoms with Crippen molar-refractivity contribution in [1.82, 2.24) is 0 Å². The number of rotatable bonds is 3. The van der Waals surface area contributed by atoms with Crippen LogP contribution in [-0.2, 0) is 0 Å². The maximum absolute atomic E-state index is 4.47. The van der Waals surface area contributed by atoms with Gasteiger partial charge >= 0.3 is 0 Å². The van der Waals surface area contributed by atoms with E-state index in [4.69, 9.17) is 0 Å². The fraction of sp³-hybridized carbons (Fsp3) is 1.00. The molecule has 0 amide bonds. The number of hydrogen-bond donors (Lipinski definition) is 1. The van der Waals surface area contributed by atoms with Gasteiger partial charge in [0.15, 0.2) is 0 Å². The molecule has 0 N–H and O–H groups in total. The predicted octanol–water partition coefficient (Wildman–Crippen LogP) is 2.89. The van der Waals surface area contributed by atoms with Crippen LogP contribution in [0.5, 0.6) is 0 Å². The van der Waals surface area contributed by atoms with Crippen LogP contribution >= 0.6 is 12.6 Å². The summed E-state index contributed by atoms with van der Waals surface area (Å²) >= 11 is 4.47. The van der Waals surface area contributed by atoms with Crippen LogP contribution in [0.3, 0.4) is 0 Å². The lowest BCUT2D eigenvalue weighted by molar-refractivity contribution is 0.564. The smallest absolute Gasteiger partial charge is 0.00986 e. The van der Waals surface area contributed by atoms with Gasteiger partial charge in [-0.1, -0.05) is 27.2 Å². The average Bonchev–Trinajstić information content (AvgIpc) is 1.67. The molecule has 0 aliphatic rings. The van der Waals surface area contributed by atoms with Crippen molar-refractivity contribution in [1.29, 1.82) is 0 Å². The molecule has 0 saturated heterocycles. The maximum Gasteiger partial charge on any atom is 0.00986 e. The van der Waals surface area contributed by atoms with Gasteiger partial charge in [-0.3, -0.25) is 0 Å². The van der Waals surface area contributed by atoms with Crippen molar-refractivity contribution in [2.45, 2.75) is 44.8 Å². The van der Waals surface area contributed by atoms with E-state index in [1.807, 2.05) is 0 Å². The van der Waals surface area contributed by atoms with E-state index in [9.17, 15) is 0 Å². The molecule has 0 nitrogen and oxygen atoms in total. The van der Waals surface area contributed by atoms with E-state index in [2.05, 4.69) is 33.4 Å². The van der Waals surface area contributed by atoms with E-state index in [-0.39, 0.29) is 4.75 Å². The molecule has 8 heavy (non-hydrogen) atoms. The van der Waals surface area contributed by atoms with Crippen LogP contribution in [0.15, 0.2) is 0 Å². The van der Waals surface area contributed by atoms with Gasteiger partial charge in [0.2, 0.25) is 0 Å². The lowest BCUT2D eigenvalue weighted by Crippen LogP contribution is -2.13. The zero-order chi connectivity index (χ0) is 6.62. The van der Waals surface area contributed by atoms with Crippen LogP contribution in [-0.4, -0.2) is 4.75 Å². The van der Waals surface area contributed by atoms with E-state index >= 15 is 0 Å². The molecule has 0 aliphatic heterocycles. The van der Waals surface area contributed by atoms with Crippen molar-refractivity contribution >= 4 is 12.6 Å². The lowest BCUT2D eigenvalue weighted by atomic mass is 10.0. The van der Waals surface area contributed by atoms with Gasteiger partial charge in [0, 0.05) is 4.75 Å². The summed E-state index contributed by atoms with van der Waals surface area (Å²) in [5.74, 6) is 0. The van der Waals surface area contributed by atoms with Crippen LogP contribution in [0.1, 0.15) is 40.0 Å². The Balaban J connectivity index is 3.37. The van der Waals surface area contributed by atoms with Crippen molar-refractivity contribution in [3.63, 3.8) is 0 Å². The van der Waals surface area contributed by atoms with Crippen LogP contribution in [0.2, 0.25) is 0 Å². The first-order valence-electron chi connectivity index (χ1n) is 3.34. The van der Waals surface area contributed by atoms with Gasteiger partial charge in [0.1, 0.15) is 0 Å². The molecule has 0 unspecified atom stereocenters. The van der Waals surface area contributed by atoms with E-state index in [1.165, 1.54) is 19.3 Å². The molecule has 0 rings (SSSR count). The van der Waals surface area contributed by atoms with Gasteiger partial charge in [0.25, 0.3) is 0 Å². The minimum absolute atomic E-state index is 0.286. The van der Waals surface area contributed by atoms with Crippen molar-refractivity contribution in [2.24, 2.45) is 0 Å². The van der Waals surface area contributed by atoms with E-state index in [0.717, 1.165) is 0 Å². The Labute approximate surface area is 58.1 Å². The summed E-state index contributed by atoms with van der Waals surface area (Å²) < 4.78 is 0.286. The molecule has 0 radical (unpaired) electrons. The van der Waals surface area contributed by atoms with Crippen LogP contribution in [0, 0.1) is 0 Å². The lowest BCUT2D eigenvalue weighted by Gasteiger charge is -2.19. The third-order valence-electron chi connectivity index (χ3n) is 1.55. The van der Waals surface area contributed by atoms with Crippen LogP contribution in [0.4, 0.5) is 0 Å². The SMILES string of the molecule is CCC[C@@](C)(S)CC. The minimum atomic E-state index is 0.286. The zero-order valence-corrected chi connectivity index (χ0v) is 6.96. The maximum atomic E-state index is 4.47. The summed E-state index contributed by atoms with van der Waals surface area (Å²) in [7, 11) is 0. The Morgan fingerprint density at radius 3 is 2.00 bits per heavy atom. The topological polar surface area (TPSA) is 0 Å². The Morgan fingerprint density at radius 2 is 1.88 bits per heavy atom. The summed E-state index contributed by atoms with van der Waals surface area (Å²) in [6, 6.07) is 0. The summed E-state index contributed by atoms with van der Waals surface area (Å²) in [6.07, 6.45) is 3.64. The van der Waals surface area contributed by atoms with Crippen LogP contribution < -0.4 is 0 Å². The Hall–Kier alpha value is 0.350. The van der Waals surface area contributed by atoms with Gasteiger partial charge in [0.05, 0.1) is 0 Å². The second-order valence-electron chi connectivity index (χ2n) is 2.60. The second kappa shape index (κ2) is 3.39. The highest BCUT2D eigenvalue weighted by Gasteiger charge is 2.13. The highest BCUT2D eigenvalue weighted by molar-refractivity contribution is 7.81. The van der Waals surface area contributed by atoms with Crippen LogP contribution in [0.25, 0.3) is 0 Å². The Morgan fingerprint density at radius 1 is 1.38 bits per heavy atom. The highest BCUT2D eigenvalue weighted by atomic mass is 32.1. The first-order valence-corrected chi connectivity index (χ1v) is 3.79. The standard InChI is InChI=1S/C7H16S/c1-4-6-7(3,8)5-2/h8H,4-6H2,1-3H3/t7-/m0/s1. The monoisotopic (exact) mass is 132 g/mol. The third kappa shape index (κ3) is 3.36. The van der Waals surface area contributed by atoms with Crippen molar-refractivity contribution in [3.8, 4) is 0 Å². The Kier molecular flexibility index (Phi) is 3.54. The highest BCUT2D eigenvalue weighted by Crippen LogP contribution is 2.23. The van der Waals surface area contributed by atoms with Gasteiger partial charge in [-0.2, -0.15) is 12.6 Å². The quantitative estimate of drug-likeness (QED) is 0.561. The van der Waals surface area contributed by atoms with Gasteiger partial charge in [-0.15, -0.1) is 0 Å². The van der Waals surface area contributed by atoms with E-state index in [1.54, 1.807) is 0 Å². The molecule has 0 aromatic carbocycles. The number of hydrogen-bond acceptors (Lipinski definition) is 1. The first-order chi connectivity index (χ1) is 3.62. The molecule has 50 valence electrons. The summed E-state index contributed by atoms with van der Waals surface area (Å²) in [5, 5.41) is 0. The molecular weight excluding hydrogens is 116 g/mol. The van der Waals surface area contributed by atoms with E-state index < -0.39 is 0 Å². The average molecular weight is 132 g/mol. The second-order valence-corrected chi connectivity index (χ2v) is 3.68. The largest absolute Gasteiger partial charge is 0.173 e. The summed E-state index contributed by atoms with van der Waals surface area (Å²) in [5.41, 5.74) is 0. The molecule has 0 spiro atoms. The minimum Gasteiger partial charge on any atom is -0.173 e. The molecule has 1 heteroatoms. The zero-order valence-electron chi connectivity index (χ0n) is 6.07.